The van der Waals surface area contributed by atoms with Gasteiger partial charge in [0.15, 0.2) is 5.60 Å². The Balaban J connectivity index is 1.27. The summed E-state index contributed by atoms with van der Waals surface area (Å²) >= 11 is 12.2. The van der Waals surface area contributed by atoms with Crippen LogP contribution in [-0.2, 0) is 10.4 Å². The van der Waals surface area contributed by atoms with Crippen LogP contribution in [0.3, 0.4) is 0 Å². The number of nitrogens with zero attached hydrogens (tertiary/aromatic N) is 1. The molecule has 2 aliphatic carbocycles. The molecule has 3 fully saturated rings. The van der Waals surface area contributed by atoms with Crippen molar-refractivity contribution in [3.8, 4) is 0 Å². The lowest BCUT2D eigenvalue weighted by atomic mass is 9.79. The van der Waals surface area contributed by atoms with Gasteiger partial charge in [0.05, 0.1) is 10.0 Å². The van der Waals surface area contributed by atoms with Gasteiger partial charge in [0.1, 0.15) is 0 Å². The fraction of sp³-hybridized carbons (Fsp3) is 0.458. The molecule has 1 amide bonds. The third-order valence-corrected chi connectivity index (χ3v) is 8.01. The maximum absolute atomic E-state index is 13.4. The van der Waals surface area contributed by atoms with Crippen LogP contribution in [0.15, 0.2) is 48.5 Å². The maximum Gasteiger partial charge on any atom is 0.257 e. The zero-order chi connectivity index (χ0) is 20.9. The largest absolute Gasteiger partial charge is 0.375 e. The Kier molecular flexibility index (Phi) is 5.20. The number of aliphatic hydroxyl groups is 1. The van der Waals surface area contributed by atoms with E-state index in [0.717, 1.165) is 44.5 Å². The van der Waals surface area contributed by atoms with E-state index in [9.17, 15) is 9.90 Å². The number of piperidine rings is 1. The fourth-order valence-electron chi connectivity index (χ4n) is 5.48. The van der Waals surface area contributed by atoms with Crippen LogP contribution in [0, 0.1) is 17.8 Å². The Morgan fingerprint density at radius 1 is 1.00 bits per heavy atom. The van der Waals surface area contributed by atoms with Gasteiger partial charge in [-0.1, -0.05) is 66.4 Å². The van der Waals surface area contributed by atoms with E-state index in [4.69, 9.17) is 23.2 Å². The molecule has 2 aromatic rings. The van der Waals surface area contributed by atoms with Crippen molar-refractivity contribution in [2.24, 2.45) is 17.8 Å². The minimum atomic E-state index is -1.45. The van der Waals surface area contributed by atoms with Gasteiger partial charge < -0.3 is 15.3 Å². The number of nitrogens with one attached hydrogen (secondary N) is 1. The number of carbonyl (C=O) groups excluding carboxylic acids is 1. The lowest BCUT2D eigenvalue weighted by Gasteiger charge is -2.34. The summed E-state index contributed by atoms with van der Waals surface area (Å²) < 4.78 is 0. The van der Waals surface area contributed by atoms with Crippen molar-refractivity contribution in [3.05, 3.63) is 64.1 Å². The van der Waals surface area contributed by atoms with Gasteiger partial charge in [-0.05, 0) is 36.6 Å². The first-order valence-corrected chi connectivity index (χ1v) is 11.5. The van der Waals surface area contributed by atoms with Crippen molar-refractivity contribution in [2.45, 2.75) is 37.3 Å². The minimum Gasteiger partial charge on any atom is -0.375 e. The highest BCUT2D eigenvalue weighted by Crippen LogP contribution is 2.48. The van der Waals surface area contributed by atoms with Gasteiger partial charge in [-0.2, -0.15) is 0 Å². The molecule has 3 atom stereocenters. The van der Waals surface area contributed by atoms with Gasteiger partial charge in [-0.15, -0.1) is 0 Å². The first-order chi connectivity index (χ1) is 14.5. The van der Waals surface area contributed by atoms with Crippen LogP contribution in [0.1, 0.15) is 31.2 Å². The molecule has 0 aromatic heterocycles. The highest BCUT2D eigenvalue weighted by atomic mass is 35.5. The molecule has 0 bridgehead atoms. The van der Waals surface area contributed by atoms with E-state index in [1.807, 2.05) is 48.5 Å². The number of rotatable bonds is 5. The number of benzene rings is 2. The molecule has 2 N–H and O–H groups in total. The van der Waals surface area contributed by atoms with Crippen LogP contribution >= 0.6 is 23.2 Å². The van der Waals surface area contributed by atoms with Crippen LogP contribution in [-0.4, -0.2) is 30.1 Å². The highest BCUT2D eigenvalue weighted by molar-refractivity contribution is 6.42. The Hall–Kier alpha value is -1.75. The number of hydrogen-bond acceptors (Lipinski definition) is 3. The van der Waals surface area contributed by atoms with Crippen LogP contribution in [0.25, 0.3) is 0 Å². The Bertz CT molecular complexity index is 935. The van der Waals surface area contributed by atoms with E-state index in [0.29, 0.717) is 27.4 Å². The summed E-state index contributed by atoms with van der Waals surface area (Å²) in [5, 5.41) is 15.9. The highest BCUT2D eigenvalue weighted by Gasteiger charge is 2.58. The zero-order valence-electron chi connectivity index (χ0n) is 16.7. The van der Waals surface area contributed by atoms with E-state index in [1.165, 1.54) is 0 Å². The number of fused-ring (bicyclic) bond motifs is 1. The van der Waals surface area contributed by atoms with E-state index in [1.54, 1.807) is 0 Å². The van der Waals surface area contributed by atoms with E-state index < -0.39 is 5.60 Å². The molecule has 2 saturated carbocycles. The predicted molar refractivity (Wildman–Crippen MR) is 120 cm³/mol. The summed E-state index contributed by atoms with van der Waals surface area (Å²) in [6.45, 7) is 1.75. The van der Waals surface area contributed by atoms with E-state index in [-0.39, 0.29) is 17.9 Å². The van der Waals surface area contributed by atoms with Crippen molar-refractivity contribution >= 4 is 34.8 Å². The first kappa shape index (κ1) is 20.2. The van der Waals surface area contributed by atoms with Gasteiger partial charge in [0.2, 0.25) is 0 Å². The molecule has 1 aliphatic heterocycles. The molecule has 0 spiro atoms. The van der Waals surface area contributed by atoms with Crippen molar-refractivity contribution in [2.75, 3.05) is 18.0 Å². The maximum atomic E-state index is 13.4. The molecule has 0 radical (unpaired) electrons. The topological polar surface area (TPSA) is 52.6 Å². The Labute approximate surface area is 187 Å². The van der Waals surface area contributed by atoms with Crippen molar-refractivity contribution in [1.29, 1.82) is 0 Å². The van der Waals surface area contributed by atoms with Crippen LogP contribution in [0.2, 0.25) is 10.0 Å². The Morgan fingerprint density at radius 2 is 1.67 bits per heavy atom. The second-order valence-electron chi connectivity index (χ2n) is 8.94. The average Bonchev–Trinajstić information content (AvgIpc) is 3.19. The number of carbonyl (C=O) groups is 1. The molecule has 30 heavy (non-hydrogen) atoms. The quantitative estimate of drug-likeness (QED) is 0.706. The fourth-order valence-corrected chi connectivity index (χ4v) is 5.77. The summed E-state index contributed by atoms with van der Waals surface area (Å²) in [7, 11) is 0. The van der Waals surface area contributed by atoms with Gasteiger partial charge in [0, 0.05) is 42.6 Å². The van der Waals surface area contributed by atoms with E-state index in [2.05, 4.69) is 10.2 Å². The van der Waals surface area contributed by atoms with Crippen LogP contribution in [0.4, 0.5) is 5.69 Å². The second-order valence-corrected chi connectivity index (χ2v) is 9.76. The summed E-state index contributed by atoms with van der Waals surface area (Å²) in [5.74, 6) is 0.561. The van der Waals surface area contributed by atoms with Gasteiger partial charge in [-0.3, -0.25) is 4.79 Å². The predicted octanol–water partition coefficient (Wildman–Crippen LogP) is 4.62. The summed E-state index contributed by atoms with van der Waals surface area (Å²) in [5.41, 5.74) is 0.323. The first-order valence-electron chi connectivity index (χ1n) is 10.8. The molecule has 2 aromatic carbocycles. The molecule has 3 aliphatic rings. The second kappa shape index (κ2) is 7.74. The van der Waals surface area contributed by atoms with Gasteiger partial charge in [-0.25, -0.2) is 0 Å². The molecule has 1 heterocycles. The lowest BCUT2D eigenvalue weighted by molar-refractivity contribution is -0.147. The number of anilines is 1. The third kappa shape index (κ3) is 3.39. The number of halogens is 2. The minimum absolute atomic E-state index is 0.0220. The zero-order valence-corrected chi connectivity index (χ0v) is 18.2. The molecule has 3 unspecified atom stereocenters. The van der Waals surface area contributed by atoms with Crippen LogP contribution < -0.4 is 10.2 Å². The smallest absolute Gasteiger partial charge is 0.257 e. The molecule has 5 rings (SSSR count). The molecule has 4 nitrogen and oxygen atoms in total. The Morgan fingerprint density at radius 3 is 2.30 bits per heavy atom. The lowest BCUT2D eigenvalue weighted by Crippen LogP contribution is -2.51. The average molecular weight is 445 g/mol. The summed E-state index contributed by atoms with van der Waals surface area (Å²) in [6, 6.07) is 15.3. The normalized spacial score (nSPS) is 27.6. The van der Waals surface area contributed by atoms with Gasteiger partial charge in [0.25, 0.3) is 5.91 Å². The summed E-state index contributed by atoms with van der Waals surface area (Å²) in [4.78, 5) is 15.7. The monoisotopic (exact) mass is 444 g/mol. The number of amides is 1. The van der Waals surface area contributed by atoms with Crippen molar-refractivity contribution in [3.63, 3.8) is 0 Å². The van der Waals surface area contributed by atoms with E-state index >= 15 is 0 Å². The SMILES string of the molecule is O=C(NC1C2CN(c3ccc(Cl)c(Cl)c3)CC21)C(O)(c1ccccc1)C1CCCC1. The van der Waals surface area contributed by atoms with Crippen molar-refractivity contribution in [1.82, 2.24) is 5.32 Å². The van der Waals surface area contributed by atoms with Crippen molar-refractivity contribution < 1.29 is 9.90 Å². The molecule has 158 valence electrons. The standard InChI is InChI=1S/C24H26Cl2N2O2/c25-20-11-10-17(12-21(20)26)28-13-18-19(14-28)22(18)27-23(29)24(30,16-8-4-5-9-16)15-6-2-1-3-7-15/h1-3,6-7,10-12,16,18-19,22,30H,4-5,8-9,13-14H2,(H,27,29). The van der Waals surface area contributed by atoms with Crippen LogP contribution in [0.5, 0.6) is 0 Å². The molecule has 6 heteroatoms. The molecular formula is C24H26Cl2N2O2. The number of hydrogen-bond donors (Lipinski definition) is 2. The molecule has 1 saturated heterocycles. The third-order valence-electron chi connectivity index (χ3n) is 7.27. The van der Waals surface area contributed by atoms with Gasteiger partial charge >= 0.3 is 0 Å². The summed E-state index contributed by atoms with van der Waals surface area (Å²) in [6.07, 6.45) is 3.92. The molecular weight excluding hydrogens is 419 g/mol.